The number of nitrogens with one attached hydrogen (secondary N) is 3. The van der Waals surface area contributed by atoms with Crippen molar-refractivity contribution in [1.82, 2.24) is 20.8 Å². The zero-order valence-corrected chi connectivity index (χ0v) is 12.1. The molecule has 5 nitrogen and oxygen atoms in total. The van der Waals surface area contributed by atoms with Crippen LogP contribution in [0, 0.1) is 5.92 Å². The van der Waals surface area contributed by atoms with Gasteiger partial charge in [-0.3, -0.25) is 9.89 Å². The van der Waals surface area contributed by atoms with Crippen LogP contribution in [0.5, 0.6) is 0 Å². The topological polar surface area (TPSA) is 69.8 Å². The van der Waals surface area contributed by atoms with E-state index < -0.39 is 0 Å². The summed E-state index contributed by atoms with van der Waals surface area (Å²) in [5.41, 5.74) is 2.76. The Morgan fingerprint density at radius 3 is 2.76 bits per heavy atom. The van der Waals surface area contributed by atoms with Crippen LogP contribution in [0.4, 0.5) is 0 Å². The Labute approximate surface area is 124 Å². The molecule has 1 aliphatic heterocycles. The molecule has 0 bridgehead atoms. The number of amides is 1. The normalized spacial score (nSPS) is 22.0. The van der Waals surface area contributed by atoms with Crippen LogP contribution in [0.2, 0.25) is 0 Å². The molecule has 21 heavy (non-hydrogen) atoms. The Morgan fingerprint density at radius 2 is 2.10 bits per heavy atom. The van der Waals surface area contributed by atoms with Crippen molar-refractivity contribution in [2.45, 2.75) is 19.4 Å². The third kappa shape index (κ3) is 3.13. The molecule has 1 saturated heterocycles. The number of hydrogen-bond acceptors (Lipinski definition) is 3. The van der Waals surface area contributed by atoms with Gasteiger partial charge in [-0.25, -0.2) is 0 Å². The van der Waals surface area contributed by atoms with Crippen LogP contribution >= 0.6 is 0 Å². The molecule has 2 atom stereocenters. The maximum absolute atomic E-state index is 12.3. The largest absolute Gasteiger partial charge is 0.348 e. The van der Waals surface area contributed by atoms with Crippen molar-refractivity contribution >= 4 is 5.91 Å². The summed E-state index contributed by atoms with van der Waals surface area (Å²) >= 11 is 0. The summed E-state index contributed by atoms with van der Waals surface area (Å²) in [5, 5.41) is 13.2. The summed E-state index contributed by atoms with van der Waals surface area (Å²) < 4.78 is 0. The van der Waals surface area contributed by atoms with E-state index in [4.69, 9.17) is 0 Å². The molecule has 0 saturated carbocycles. The summed E-state index contributed by atoms with van der Waals surface area (Å²) in [5.74, 6) is 0.509. The van der Waals surface area contributed by atoms with Crippen LogP contribution in [-0.2, 0) is 0 Å². The number of benzene rings is 1. The average molecular weight is 284 g/mol. The molecule has 110 valence electrons. The van der Waals surface area contributed by atoms with E-state index in [2.05, 4.69) is 27.8 Å². The maximum atomic E-state index is 12.3. The Morgan fingerprint density at radius 1 is 1.29 bits per heavy atom. The number of H-pyrrole nitrogens is 1. The SMILES string of the molecule is CC1CCNCC1NC(=O)c1ccc(-c2cn[nH]c2)cc1. The molecule has 1 aliphatic rings. The van der Waals surface area contributed by atoms with Crippen molar-refractivity contribution in [3.63, 3.8) is 0 Å². The third-order valence-electron chi connectivity index (χ3n) is 4.12. The van der Waals surface area contributed by atoms with E-state index in [0.717, 1.165) is 30.6 Å². The van der Waals surface area contributed by atoms with Crippen molar-refractivity contribution in [3.8, 4) is 11.1 Å². The Balaban J connectivity index is 1.67. The van der Waals surface area contributed by atoms with E-state index in [0.29, 0.717) is 11.5 Å². The number of aromatic amines is 1. The van der Waals surface area contributed by atoms with Crippen LogP contribution < -0.4 is 10.6 Å². The molecular formula is C16H20N4O. The molecule has 0 radical (unpaired) electrons. The van der Waals surface area contributed by atoms with E-state index in [-0.39, 0.29) is 11.9 Å². The first-order valence-corrected chi connectivity index (χ1v) is 7.35. The van der Waals surface area contributed by atoms with Gasteiger partial charge in [0.1, 0.15) is 0 Å². The minimum atomic E-state index is -0.00528. The molecule has 1 amide bonds. The maximum Gasteiger partial charge on any atom is 0.251 e. The monoisotopic (exact) mass is 284 g/mol. The van der Waals surface area contributed by atoms with Gasteiger partial charge in [-0.2, -0.15) is 5.10 Å². The van der Waals surface area contributed by atoms with Crippen molar-refractivity contribution in [3.05, 3.63) is 42.2 Å². The molecule has 3 N–H and O–H groups in total. The van der Waals surface area contributed by atoms with Crippen molar-refractivity contribution in [2.24, 2.45) is 5.92 Å². The lowest BCUT2D eigenvalue weighted by atomic mass is 9.94. The quantitative estimate of drug-likeness (QED) is 0.805. The molecule has 2 heterocycles. The predicted molar refractivity (Wildman–Crippen MR) is 81.9 cm³/mol. The van der Waals surface area contributed by atoms with Gasteiger partial charge in [0.25, 0.3) is 5.91 Å². The summed E-state index contributed by atoms with van der Waals surface area (Å²) in [6.07, 6.45) is 4.71. The van der Waals surface area contributed by atoms with Crippen LogP contribution in [0.1, 0.15) is 23.7 Å². The minimum Gasteiger partial charge on any atom is -0.348 e. The van der Waals surface area contributed by atoms with Crippen molar-refractivity contribution in [2.75, 3.05) is 13.1 Å². The van der Waals surface area contributed by atoms with Crippen molar-refractivity contribution < 1.29 is 4.79 Å². The standard InChI is InChI=1S/C16H20N4O/c1-11-6-7-17-10-15(11)20-16(21)13-4-2-12(3-5-13)14-8-18-19-9-14/h2-5,8-9,11,15,17H,6-7,10H2,1H3,(H,18,19)(H,20,21). The van der Waals surface area contributed by atoms with Gasteiger partial charge in [0.2, 0.25) is 0 Å². The second-order valence-corrected chi connectivity index (χ2v) is 5.61. The minimum absolute atomic E-state index is 0.00528. The van der Waals surface area contributed by atoms with Crippen LogP contribution in [-0.4, -0.2) is 35.2 Å². The lowest BCUT2D eigenvalue weighted by Gasteiger charge is -2.30. The second-order valence-electron chi connectivity index (χ2n) is 5.61. The molecule has 5 heteroatoms. The number of aromatic nitrogens is 2. The second kappa shape index (κ2) is 6.10. The highest BCUT2D eigenvalue weighted by atomic mass is 16.1. The molecule has 2 aromatic rings. The summed E-state index contributed by atoms with van der Waals surface area (Å²) in [6, 6.07) is 7.82. The van der Waals surface area contributed by atoms with Crippen LogP contribution in [0.3, 0.4) is 0 Å². The molecule has 0 spiro atoms. The first-order valence-electron chi connectivity index (χ1n) is 7.35. The average Bonchev–Trinajstić information content (AvgIpc) is 3.04. The summed E-state index contributed by atoms with van der Waals surface area (Å²) in [6.45, 7) is 4.07. The van der Waals surface area contributed by atoms with E-state index >= 15 is 0 Å². The van der Waals surface area contributed by atoms with Gasteiger partial charge < -0.3 is 10.6 Å². The lowest BCUT2D eigenvalue weighted by molar-refractivity contribution is 0.0915. The first-order chi connectivity index (χ1) is 10.2. The first kappa shape index (κ1) is 13.8. The number of rotatable bonds is 3. The number of piperidine rings is 1. The Hall–Kier alpha value is -2.14. The van der Waals surface area contributed by atoms with Gasteiger partial charge in [-0.15, -0.1) is 0 Å². The van der Waals surface area contributed by atoms with Gasteiger partial charge in [0.15, 0.2) is 0 Å². The highest BCUT2D eigenvalue weighted by Gasteiger charge is 2.22. The van der Waals surface area contributed by atoms with E-state index in [9.17, 15) is 4.79 Å². The fourth-order valence-electron chi connectivity index (χ4n) is 2.66. The van der Waals surface area contributed by atoms with E-state index in [1.165, 1.54) is 0 Å². The van der Waals surface area contributed by atoms with Gasteiger partial charge in [0, 0.05) is 29.9 Å². The van der Waals surface area contributed by atoms with Crippen LogP contribution in [0.15, 0.2) is 36.7 Å². The van der Waals surface area contributed by atoms with Gasteiger partial charge in [-0.1, -0.05) is 19.1 Å². The van der Waals surface area contributed by atoms with E-state index in [1.54, 1.807) is 6.20 Å². The third-order valence-corrected chi connectivity index (χ3v) is 4.12. The predicted octanol–water partition coefficient (Wildman–Crippen LogP) is 1.80. The van der Waals surface area contributed by atoms with E-state index in [1.807, 2.05) is 30.5 Å². The Kier molecular flexibility index (Phi) is 4.01. The summed E-state index contributed by atoms with van der Waals surface area (Å²) in [7, 11) is 0. The number of hydrogen-bond donors (Lipinski definition) is 3. The molecule has 0 aliphatic carbocycles. The number of carbonyl (C=O) groups excluding carboxylic acids is 1. The fraction of sp³-hybridized carbons (Fsp3) is 0.375. The van der Waals surface area contributed by atoms with Crippen LogP contribution in [0.25, 0.3) is 11.1 Å². The van der Waals surface area contributed by atoms with Gasteiger partial charge in [0.05, 0.1) is 6.20 Å². The highest BCUT2D eigenvalue weighted by Crippen LogP contribution is 2.18. The number of nitrogens with zero attached hydrogens (tertiary/aromatic N) is 1. The van der Waals surface area contributed by atoms with Gasteiger partial charge in [-0.05, 0) is 36.6 Å². The zero-order valence-electron chi connectivity index (χ0n) is 12.1. The molecule has 2 unspecified atom stereocenters. The summed E-state index contributed by atoms with van der Waals surface area (Å²) in [4.78, 5) is 12.3. The molecule has 1 aromatic carbocycles. The molecular weight excluding hydrogens is 264 g/mol. The fourth-order valence-corrected chi connectivity index (χ4v) is 2.66. The number of carbonyl (C=O) groups is 1. The zero-order chi connectivity index (χ0) is 14.7. The molecule has 1 fully saturated rings. The smallest absolute Gasteiger partial charge is 0.251 e. The lowest BCUT2D eigenvalue weighted by Crippen LogP contribution is -2.50. The highest BCUT2D eigenvalue weighted by molar-refractivity contribution is 5.94. The van der Waals surface area contributed by atoms with Gasteiger partial charge >= 0.3 is 0 Å². The molecule has 3 rings (SSSR count). The molecule has 1 aromatic heterocycles. The Bertz CT molecular complexity index is 591. The van der Waals surface area contributed by atoms with Crippen molar-refractivity contribution in [1.29, 1.82) is 0 Å².